The van der Waals surface area contributed by atoms with Crippen molar-refractivity contribution in [2.45, 2.75) is 18.1 Å². The van der Waals surface area contributed by atoms with Crippen LogP contribution in [0.1, 0.15) is 20.7 Å². The number of nitrogens with one attached hydrogen (secondary N) is 2. The number of hydrogen-bond acceptors (Lipinski definition) is 6. The highest BCUT2D eigenvalue weighted by Crippen LogP contribution is 2.24. The summed E-state index contributed by atoms with van der Waals surface area (Å²) >= 11 is 0. The SMILES string of the molecule is N[C@@H]1C(=O)N[C@@H]1CN1C[C@@H](CN2C(=O)c3ccccc3C2=O)NS1(=O)=O. The topological polar surface area (TPSA) is 142 Å². The van der Waals surface area contributed by atoms with Gasteiger partial charge in [-0.15, -0.1) is 0 Å². The maximum atomic E-state index is 12.4. The second-order valence-electron chi connectivity index (χ2n) is 6.54. The van der Waals surface area contributed by atoms with Gasteiger partial charge in [0.15, 0.2) is 0 Å². The quantitative estimate of drug-likeness (QED) is 0.394. The van der Waals surface area contributed by atoms with Crippen molar-refractivity contribution in [3.63, 3.8) is 0 Å². The van der Waals surface area contributed by atoms with Gasteiger partial charge in [-0.05, 0) is 12.1 Å². The van der Waals surface area contributed by atoms with Crippen LogP contribution in [0.15, 0.2) is 24.3 Å². The number of hydrogen-bond donors (Lipinski definition) is 3. The van der Waals surface area contributed by atoms with Crippen LogP contribution in [0.2, 0.25) is 0 Å². The Hall–Kier alpha value is -2.34. The molecule has 0 aromatic heterocycles. The molecular formula is C15H17N5O5S. The molecule has 1 aromatic rings. The highest BCUT2D eigenvalue weighted by Gasteiger charge is 2.45. The predicted octanol–water partition coefficient (Wildman–Crippen LogP) is -2.37. The van der Waals surface area contributed by atoms with Gasteiger partial charge in [-0.3, -0.25) is 19.3 Å². The third-order valence-electron chi connectivity index (χ3n) is 4.82. The molecule has 0 unspecified atom stereocenters. The fourth-order valence-corrected chi connectivity index (χ4v) is 4.85. The first kappa shape index (κ1) is 17.1. The van der Waals surface area contributed by atoms with Crippen LogP contribution in [0.3, 0.4) is 0 Å². The van der Waals surface area contributed by atoms with Crippen LogP contribution in [0.4, 0.5) is 0 Å². The number of nitrogens with zero attached hydrogens (tertiary/aromatic N) is 2. The van der Waals surface area contributed by atoms with Gasteiger partial charge >= 0.3 is 0 Å². The van der Waals surface area contributed by atoms with E-state index >= 15 is 0 Å². The zero-order valence-corrected chi connectivity index (χ0v) is 14.4. The molecule has 4 rings (SSSR count). The normalized spacial score (nSPS) is 30.3. The highest BCUT2D eigenvalue weighted by molar-refractivity contribution is 7.87. The summed E-state index contributed by atoms with van der Waals surface area (Å²) in [5.41, 5.74) is 6.27. The summed E-state index contributed by atoms with van der Waals surface area (Å²) in [4.78, 5) is 37.0. The van der Waals surface area contributed by atoms with Crippen LogP contribution in [0.25, 0.3) is 0 Å². The largest absolute Gasteiger partial charge is 0.349 e. The summed E-state index contributed by atoms with van der Waals surface area (Å²) in [5, 5.41) is 2.55. The zero-order chi connectivity index (χ0) is 18.6. The molecule has 26 heavy (non-hydrogen) atoms. The van der Waals surface area contributed by atoms with Gasteiger partial charge in [-0.2, -0.15) is 17.4 Å². The predicted molar refractivity (Wildman–Crippen MR) is 89.1 cm³/mol. The third kappa shape index (κ3) is 2.60. The van der Waals surface area contributed by atoms with Crippen molar-refractivity contribution < 1.29 is 22.8 Å². The molecule has 3 aliphatic heterocycles. The number of carbonyl (C=O) groups excluding carboxylic acids is 3. The Morgan fingerprint density at radius 1 is 1.08 bits per heavy atom. The maximum absolute atomic E-state index is 12.4. The lowest BCUT2D eigenvalue weighted by Crippen LogP contribution is -2.69. The number of amides is 3. The Kier molecular flexibility index (Phi) is 3.84. The summed E-state index contributed by atoms with van der Waals surface area (Å²) in [5.74, 6) is -1.19. The zero-order valence-electron chi connectivity index (χ0n) is 13.6. The molecule has 3 amide bonds. The fraction of sp³-hybridized carbons (Fsp3) is 0.400. The van der Waals surface area contributed by atoms with Gasteiger partial charge in [0.1, 0.15) is 6.04 Å². The van der Waals surface area contributed by atoms with Gasteiger partial charge in [0.25, 0.3) is 22.0 Å². The van der Waals surface area contributed by atoms with Crippen LogP contribution in [0, 0.1) is 0 Å². The second kappa shape index (κ2) is 5.84. The molecular weight excluding hydrogens is 362 g/mol. The van der Waals surface area contributed by atoms with E-state index in [1.54, 1.807) is 24.3 Å². The number of imide groups is 1. The first-order valence-electron chi connectivity index (χ1n) is 8.06. The second-order valence-corrected chi connectivity index (χ2v) is 8.25. The number of β-lactam (4-membered cyclic amide) rings is 1. The first-order valence-corrected chi connectivity index (χ1v) is 9.50. The molecule has 0 aliphatic carbocycles. The lowest BCUT2D eigenvalue weighted by molar-refractivity contribution is -0.130. The number of carbonyl (C=O) groups is 3. The molecule has 2 saturated heterocycles. The van der Waals surface area contributed by atoms with Crippen LogP contribution < -0.4 is 15.8 Å². The summed E-state index contributed by atoms with van der Waals surface area (Å²) < 4.78 is 28.1. The molecule has 4 N–H and O–H groups in total. The monoisotopic (exact) mass is 379 g/mol. The Labute approximate surface area is 149 Å². The maximum Gasteiger partial charge on any atom is 0.279 e. The lowest BCUT2D eigenvalue weighted by atomic mass is 10.0. The summed E-state index contributed by atoms with van der Waals surface area (Å²) in [6.07, 6.45) is 0. The van der Waals surface area contributed by atoms with E-state index in [1.807, 2.05) is 0 Å². The molecule has 3 aliphatic rings. The van der Waals surface area contributed by atoms with Crippen molar-refractivity contribution in [1.29, 1.82) is 0 Å². The van der Waals surface area contributed by atoms with Crippen LogP contribution >= 0.6 is 0 Å². The van der Waals surface area contributed by atoms with E-state index in [0.717, 1.165) is 4.90 Å². The molecule has 3 atom stereocenters. The number of benzene rings is 1. The van der Waals surface area contributed by atoms with Gasteiger partial charge in [0.05, 0.1) is 23.2 Å². The van der Waals surface area contributed by atoms with Crippen LogP contribution in [-0.2, 0) is 15.0 Å². The Morgan fingerprint density at radius 3 is 2.23 bits per heavy atom. The first-order chi connectivity index (χ1) is 12.3. The Morgan fingerprint density at radius 2 is 1.69 bits per heavy atom. The van der Waals surface area contributed by atoms with Gasteiger partial charge in [-0.25, -0.2) is 0 Å². The van der Waals surface area contributed by atoms with Crippen molar-refractivity contribution >= 4 is 27.9 Å². The van der Waals surface area contributed by atoms with Crippen molar-refractivity contribution in [2.24, 2.45) is 5.73 Å². The summed E-state index contributed by atoms with van der Waals surface area (Å²) in [6.45, 7) is 0.0564. The minimum Gasteiger partial charge on any atom is -0.349 e. The van der Waals surface area contributed by atoms with Crippen LogP contribution in [0.5, 0.6) is 0 Å². The molecule has 0 radical (unpaired) electrons. The molecule has 0 saturated carbocycles. The van der Waals surface area contributed by atoms with E-state index in [1.165, 1.54) is 4.31 Å². The van der Waals surface area contributed by atoms with Gasteiger partial charge in [0.2, 0.25) is 5.91 Å². The lowest BCUT2D eigenvalue weighted by Gasteiger charge is -2.35. The highest BCUT2D eigenvalue weighted by atomic mass is 32.2. The van der Waals surface area contributed by atoms with E-state index in [2.05, 4.69) is 10.0 Å². The Bertz CT molecular complexity index is 882. The molecule has 10 nitrogen and oxygen atoms in total. The Balaban J connectivity index is 1.45. The van der Waals surface area contributed by atoms with Gasteiger partial charge in [0, 0.05) is 19.6 Å². The molecule has 138 valence electrons. The number of fused-ring (bicyclic) bond motifs is 1. The molecule has 3 heterocycles. The van der Waals surface area contributed by atoms with E-state index in [0.29, 0.717) is 11.1 Å². The number of nitrogens with two attached hydrogens (primary N) is 1. The molecule has 11 heteroatoms. The van der Waals surface area contributed by atoms with Crippen molar-refractivity contribution in [2.75, 3.05) is 19.6 Å². The van der Waals surface area contributed by atoms with E-state index in [9.17, 15) is 22.8 Å². The minimum absolute atomic E-state index is 0.0425. The summed E-state index contributed by atoms with van der Waals surface area (Å²) in [6, 6.07) is 4.67. The third-order valence-corrected chi connectivity index (χ3v) is 6.43. The van der Waals surface area contributed by atoms with Gasteiger partial charge in [-0.1, -0.05) is 12.1 Å². The minimum atomic E-state index is -3.77. The molecule has 0 bridgehead atoms. The van der Waals surface area contributed by atoms with Crippen LogP contribution in [-0.4, -0.2) is 73.1 Å². The average Bonchev–Trinajstić information content (AvgIpc) is 3.03. The van der Waals surface area contributed by atoms with Crippen molar-refractivity contribution in [3.05, 3.63) is 35.4 Å². The van der Waals surface area contributed by atoms with E-state index < -0.39 is 40.1 Å². The number of rotatable bonds is 4. The smallest absolute Gasteiger partial charge is 0.279 e. The molecule has 0 spiro atoms. The average molecular weight is 379 g/mol. The summed E-state index contributed by atoms with van der Waals surface area (Å²) in [7, 11) is -3.77. The van der Waals surface area contributed by atoms with E-state index in [-0.39, 0.29) is 25.5 Å². The van der Waals surface area contributed by atoms with Crippen molar-refractivity contribution in [1.82, 2.24) is 19.2 Å². The fourth-order valence-electron chi connectivity index (χ4n) is 3.39. The molecule has 1 aromatic carbocycles. The van der Waals surface area contributed by atoms with E-state index in [4.69, 9.17) is 5.73 Å². The molecule has 2 fully saturated rings. The standard InChI is InChI=1S/C15H17N5O5S/c16-12-11(17-13(12)21)7-19-5-8(18-26(19,24)25)6-20-14(22)9-3-1-2-4-10(9)15(20)23/h1-4,8,11-12,18H,5-7,16H2,(H,17,21)/t8-,11+,12-/m0/s1. The van der Waals surface area contributed by atoms with Crippen molar-refractivity contribution in [3.8, 4) is 0 Å². The van der Waals surface area contributed by atoms with Gasteiger partial charge < -0.3 is 11.1 Å².